The van der Waals surface area contributed by atoms with Crippen molar-refractivity contribution in [1.82, 2.24) is 14.9 Å². The summed E-state index contributed by atoms with van der Waals surface area (Å²) in [6.45, 7) is 6.69. The Hall–Kier alpha value is -0.830. The Balaban J connectivity index is 2.28. The standard InChI is InChI=1S/C12H21N3/c1-9(10-5-6-10)15-8-14-7-11(15)12(2,3)13-4/h7-10,13H,5-6H2,1-4H3. The van der Waals surface area contributed by atoms with Gasteiger partial charge < -0.3 is 9.88 Å². The van der Waals surface area contributed by atoms with Gasteiger partial charge in [-0.15, -0.1) is 0 Å². The first kappa shape index (κ1) is 10.7. The highest BCUT2D eigenvalue weighted by molar-refractivity contribution is 5.12. The van der Waals surface area contributed by atoms with E-state index < -0.39 is 0 Å². The van der Waals surface area contributed by atoms with E-state index in [0.29, 0.717) is 6.04 Å². The van der Waals surface area contributed by atoms with Crippen LogP contribution >= 0.6 is 0 Å². The van der Waals surface area contributed by atoms with E-state index in [9.17, 15) is 0 Å². The SMILES string of the molecule is CNC(C)(C)c1cncn1C(C)C1CC1. The summed E-state index contributed by atoms with van der Waals surface area (Å²) in [7, 11) is 2.00. The van der Waals surface area contributed by atoms with E-state index in [4.69, 9.17) is 0 Å². The summed E-state index contributed by atoms with van der Waals surface area (Å²) in [5, 5.41) is 3.34. The van der Waals surface area contributed by atoms with Gasteiger partial charge in [-0.25, -0.2) is 4.98 Å². The number of hydrogen-bond acceptors (Lipinski definition) is 2. The molecule has 0 amide bonds. The molecule has 3 nitrogen and oxygen atoms in total. The zero-order valence-electron chi connectivity index (χ0n) is 10.1. The van der Waals surface area contributed by atoms with E-state index >= 15 is 0 Å². The summed E-state index contributed by atoms with van der Waals surface area (Å²) < 4.78 is 2.33. The van der Waals surface area contributed by atoms with Crippen molar-refractivity contribution in [3.8, 4) is 0 Å². The first-order valence-corrected chi connectivity index (χ1v) is 5.77. The molecule has 1 atom stereocenters. The Kier molecular flexibility index (Phi) is 2.59. The van der Waals surface area contributed by atoms with E-state index in [1.54, 1.807) is 0 Å². The van der Waals surface area contributed by atoms with E-state index in [1.165, 1.54) is 18.5 Å². The molecule has 1 saturated carbocycles. The van der Waals surface area contributed by atoms with Crippen LogP contribution in [0.5, 0.6) is 0 Å². The summed E-state index contributed by atoms with van der Waals surface area (Å²) in [6, 6.07) is 0.593. The molecule has 0 bridgehead atoms. The van der Waals surface area contributed by atoms with Crippen molar-refractivity contribution in [2.24, 2.45) is 5.92 Å². The highest BCUT2D eigenvalue weighted by atomic mass is 15.1. The van der Waals surface area contributed by atoms with Crippen LogP contribution in [0.3, 0.4) is 0 Å². The molecule has 0 spiro atoms. The summed E-state index contributed by atoms with van der Waals surface area (Å²) in [6.07, 6.45) is 6.70. The molecule has 1 aromatic rings. The maximum Gasteiger partial charge on any atom is 0.0951 e. The Morgan fingerprint density at radius 2 is 2.20 bits per heavy atom. The number of imidazole rings is 1. The minimum atomic E-state index is -0.000347. The normalized spacial score (nSPS) is 19.2. The smallest absolute Gasteiger partial charge is 0.0951 e. The van der Waals surface area contributed by atoms with Gasteiger partial charge in [-0.3, -0.25) is 0 Å². The van der Waals surface area contributed by atoms with Crippen LogP contribution in [0, 0.1) is 5.92 Å². The van der Waals surface area contributed by atoms with E-state index in [0.717, 1.165) is 5.92 Å². The number of hydrogen-bond donors (Lipinski definition) is 1. The van der Waals surface area contributed by atoms with E-state index in [2.05, 4.69) is 35.6 Å². The molecule has 1 unspecified atom stereocenters. The lowest BCUT2D eigenvalue weighted by Crippen LogP contribution is -2.36. The molecule has 1 heterocycles. The molecule has 1 aromatic heterocycles. The fourth-order valence-corrected chi connectivity index (χ4v) is 2.05. The van der Waals surface area contributed by atoms with Gasteiger partial charge in [0.05, 0.1) is 23.8 Å². The minimum Gasteiger partial charge on any atom is -0.330 e. The second-order valence-corrected chi connectivity index (χ2v) is 5.14. The second-order valence-electron chi connectivity index (χ2n) is 5.14. The maximum atomic E-state index is 4.29. The first-order valence-electron chi connectivity index (χ1n) is 5.77. The molecule has 15 heavy (non-hydrogen) atoms. The first-order chi connectivity index (χ1) is 7.06. The van der Waals surface area contributed by atoms with Crippen molar-refractivity contribution >= 4 is 0 Å². The predicted octanol–water partition coefficient (Wildman–Crippen LogP) is 2.31. The van der Waals surface area contributed by atoms with Gasteiger partial charge >= 0.3 is 0 Å². The highest BCUT2D eigenvalue weighted by Gasteiger charge is 2.32. The van der Waals surface area contributed by atoms with Crippen LogP contribution in [0.2, 0.25) is 0 Å². The Morgan fingerprint density at radius 1 is 1.53 bits per heavy atom. The van der Waals surface area contributed by atoms with Crippen molar-refractivity contribution in [1.29, 1.82) is 0 Å². The topological polar surface area (TPSA) is 29.9 Å². The molecule has 1 N–H and O–H groups in total. The fourth-order valence-electron chi connectivity index (χ4n) is 2.05. The third-order valence-corrected chi connectivity index (χ3v) is 3.67. The Morgan fingerprint density at radius 3 is 2.73 bits per heavy atom. The second kappa shape index (κ2) is 3.63. The average Bonchev–Trinajstić information content (AvgIpc) is 2.93. The van der Waals surface area contributed by atoms with E-state index in [1.807, 2.05) is 19.6 Å². The highest BCUT2D eigenvalue weighted by Crippen LogP contribution is 2.40. The molecule has 0 radical (unpaired) electrons. The zero-order chi connectivity index (χ0) is 11.1. The van der Waals surface area contributed by atoms with Gasteiger partial charge in [0.1, 0.15) is 0 Å². The molecule has 3 heteroatoms. The molecule has 2 rings (SSSR count). The predicted molar refractivity (Wildman–Crippen MR) is 61.7 cm³/mol. The number of nitrogens with zero attached hydrogens (tertiary/aromatic N) is 2. The summed E-state index contributed by atoms with van der Waals surface area (Å²) in [4.78, 5) is 4.29. The van der Waals surface area contributed by atoms with Crippen LogP contribution in [-0.4, -0.2) is 16.6 Å². The molecular formula is C12H21N3. The van der Waals surface area contributed by atoms with Crippen molar-refractivity contribution in [3.05, 3.63) is 18.2 Å². The molecule has 84 valence electrons. The van der Waals surface area contributed by atoms with Crippen molar-refractivity contribution in [2.45, 2.75) is 45.2 Å². The van der Waals surface area contributed by atoms with Crippen LogP contribution < -0.4 is 5.32 Å². The Labute approximate surface area is 91.9 Å². The summed E-state index contributed by atoms with van der Waals surface area (Å²) in [5.74, 6) is 0.866. The zero-order valence-corrected chi connectivity index (χ0v) is 10.1. The molecule has 0 saturated heterocycles. The van der Waals surface area contributed by atoms with Gasteiger partial charge in [0, 0.05) is 6.04 Å². The molecule has 1 fully saturated rings. The lowest BCUT2D eigenvalue weighted by atomic mass is 10.0. The van der Waals surface area contributed by atoms with Crippen LogP contribution in [0.1, 0.15) is 45.3 Å². The molecule has 1 aliphatic carbocycles. The van der Waals surface area contributed by atoms with Crippen LogP contribution in [0.4, 0.5) is 0 Å². The lowest BCUT2D eigenvalue weighted by Gasteiger charge is -2.28. The number of aromatic nitrogens is 2. The van der Waals surface area contributed by atoms with Gasteiger partial charge in [-0.05, 0) is 46.6 Å². The van der Waals surface area contributed by atoms with Gasteiger partial charge in [-0.1, -0.05) is 0 Å². The average molecular weight is 207 g/mol. The fraction of sp³-hybridized carbons (Fsp3) is 0.750. The van der Waals surface area contributed by atoms with Gasteiger partial charge in [0.25, 0.3) is 0 Å². The van der Waals surface area contributed by atoms with Gasteiger partial charge in [0.15, 0.2) is 0 Å². The summed E-state index contributed by atoms with van der Waals surface area (Å²) >= 11 is 0. The van der Waals surface area contributed by atoms with Crippen molar-refractivity contribution in [3.63, 3.8) is 0 Å². The molecule has 0 aliphatic heterocycles. The van der Waals surface area contributed by atoms with E-state index in [-0.39, 0.29) is 5.54 Å². The van der Waals surface area contributed by atoms with Crippen LogP contribution in [0.15, 0.2) is 12.5 Å². The molecule has 0 aromatic carbocycles. The monoisotopic (exact) mass is 207 g/mol. The number of rotatable bonds is 4. The van der Waals surface area contributed by atoms with Crippen LogP contribution in [-0.2, 0) is 5.54 Å². The van der Waals surface area contributed by atoms with Crippen molar-refractivity contribution in [2.75, 3.05) is 7.05 Å². The Bertz CT molecular complexity index is 336. The molecular weight excluding hydrogens is 186 g/mol. The van der Waals surface area contributed by atoms with Gasteiger partial charge in [0.2, 0.25) is 0 Å². The minimum absolute atomic E-state index is 0.000347. The third kappa shape index (κ3) is 1.93. The quantitative estimate of drug-likeness (QED) is 0.821. The lowest BCUT2D eigenvalue weighted by molar-refractivity contribution is 0.375. The van der Waals surface area contributed by atoms with Crippen LogP contribution in [0.25, 0.3) is 0 Å². The largest absolute Gasteiger partial charge is 0.330 e. The van der Waals surface area contributed by atoms with Gasteiger partial charge in [-0.2, -0.15) is 0 Å². The summed E-state index contributed by atoms with van der Waals surface area (Å²) in [5.41, 5.74) is 1.28. The number of nitrogens with one attached hydrogen (secondary N) is 1. The third-order valence-electron chi connectivity index (χ3n) is 3.67. The molecule has 1 aliphatic rings. The van der Waals surface area contributed by atoms with Crippen molar-refractivity contribution < 1.29 is 0 Å². The maximum absolute atomic E-state index is 4.29.